The van der Waals surface area contributed by atoms with Gasteiger partial charge in [-0.2, -0.15) is 0 Å². The molecule has 1 saturated carbocycles. The number of anilines is 1. The molecule has 0 unspecified atom stereocenters. The average molecular weight is 645 g/mol. The Hall–Kier alpha value is -3.07. The van der Waals surface area contributed by atoms with Gasteiger partial charge in [0.2, 0.25) is 21.8 Å². The Labute approximate surface area is 265 Å². The number of carbonyl (C=O) groups is 2. The van der Waals surface area contributed by atoms with Crippen LogP contribution in [0.2, 0.25) is 10.0 Å². The quantitative estimate of drug-likeness (QED) is 0.227. The van der Waals surface area contributed by atoms with Crippen LogP contribution in [0.25, 0.3) is 0 Å². The smallest absolute Gasteiger partial charge is 0.243 e. The fraction of sp³-hybridized carbons (Fsp3) is 0.394. The fourth-order valence-electron chi connectivity index (χ4n) is 5.52. The van der Waals surface area contributed by atoms with Crippen LogP contribution in [0.3, 0.4) is 0 Å². The van der Waals surface area contributed by atoms with Crippen molar-refractivity contribution in [1.29, 1.82) is 0 Å². The maximum absolute atomic E-state index is 14.0. The number of hydrogen-bond donors (Lipinski definition) is 1. The zero-order chi connectivity index (χ0) is 30.8. The summed E-state index contributed by atoms with van der Waals surface area (Å²) in [4.78, 5) is 29.6. The van der Waals surface area contributed by atoms with Crippen molar-refractivity contribution in [2.45, 2.75) is 70.0 Å². The number of sulfonamides is 1. The van der Waals surface area contributed by atoms with Gasteiger partial charge >= 0.3 is 0 Å². The summed E-state index contributed by atoms with van der Waals surface area (Å²) in [5.74, 6) is -0.431. The van der Waals surface area contributed by atoms with Crippen LogP contribution in [-0.2, 0) is 32.6 Å². The molecule has 2 amide bonds. The molecular formula is C33H39Cl2N3O4S. The summed E-state index contributed by atoms with van der Waals surface area (Å²) in [7, 11) is -3.61. The number of rotatable bonds is 13. The van der Waals surface area contributed by atoms with E-state index in [4.69, 9.17) is 23.2 Å². The van der Waals surface area contributed by atoms with E-state index >= 15 is 0 Å². The van der Waals surface area contributed by atoms with E-state index in [0.29, 0.717) is 22.2 Å². The van der Waals surface area contributed by atoms with Gasteiger partial charge in [-0.05, 0) is 60.7 Å². The predicted octanol–water partition coefficient (Wildman–Crippen LogP) is 6.63. The molecule has 1 aliphatic carbocycles. The average Bonchev–Trinajstić information content (AvgIpc) is 2.99. The second-order valence-corrected chi connectivity index (χ2v) is 13.8. The third-order valence-corrected chi connectivity index (χ3v) is 9.60. The molecule has 10 heteroatoms. The Kier molecular flexibility index (Phi) is 11.9. The summed E-state index contributed by atoms with van der Waals surface area (Å²) in [6.45, 7) is 0.255. The molecular weight excluding hydrogens is 605 g/mol. The van der Waals surface area contributed by atoms with Crippen LogP contribution < -0.4 is 9.62 Å². The Bertz CT molecular complexity index is 1460. The van der Waals surface area contributed by atoms with Crippen molar-refractivity contribution in [3.8, 4) is 0 Å². The number of benzene rings is 3. The number of hydrogen-bond acceptors (Lipinski definition) is 4. The fourth-order valence-corrected chi connectivity index (χ4v) is 6.81. The van der Waals surface area contributed by atoms with Gasteiger partial charge in [0.1, 0.15) is 6.04 Å². The lowest BCUT2D eigenvalue weighted by Gasteiger charge is -2.34. The molecule has 0 aliphatic heterocycles. The van der Waals surface area contributed by atoms with Crippen LogP contribution in [0, 0.1) is 0 Å². The van der Waals surface area contributed by atoms with Gasteiger partial charge in [0.15, 0.2) is 0 Å². The summed E-state index contributed by atoms with van der Waals surface area (Å²) in [6.07, 6.45) is 6.94. The Morgan fingerprint density at radius 2 is 1.56 bits per heavy atom. The van der Waals surface area contributed by atoms with Gasteiger partial charge in [0.25, 0.3) is 0 Å². The highest BCUT2D eigenvalue weighted by molar-refractivity contribution is 7.92. The zero-order valence-electron chi connectivity index (χ0n) is 24.4. The van der Waals surface area contributed by atoms with Crippen molar-refractivity contribution in [2.24, 2.45) is 0 Å². The molecule has 1 N–H and O–H groups in total. The lowest BCUT2D eigenvalue weighted by atomic mass is 9.94. The number of carbonyl (C=O) groups excluding carboxylic acids is 2. The van der Waals surface area contributed by atoms with Crippen molar-refractivity contribution in [2.75, 3.05) is 17.1 Å². The Morgan fingerprint density at radius 1 is 0.907 bits per heavy atom. The van der Waals surface area contributed by atoms with E-state index in [1.54, 1.807) is 35.2 Å². The molecule has 4 rings (SSSR count). The summed E-state index contributed by atoms with van der Waals surface area (Å²) < 4.78 is 26.5. The van der Waals surface area contributed by atoms with E-state index < -0.39 is 16.1 Å². The van der Waals surface area contributed by atoms with Gasteiger partial charge in [-0.3, -0.25) is 13.9 Å². The van der Waals surface area contributed by atoms with Gasteiger partial charge in [-0.25, -0.2) is 8.42 Å². The van der Waals surface area contributed by atoms with E-state index in [1.807, 2.05) is 48.5 Å². The zero-order valence-corrected chi connectivity index (χ0v) is 26.8. The number of halogens is 2. The Balaban J connectivity index is 1.59. The van der Waals surface area contributed by atoms with E-state index in [0.717, 1.165) is 49.5 Å². The molecule has 0 saturated heterocycles. The minimum Gasteiger partial charge on any atom is -0.352 e. The Morgan fingerprint density at radius 3 is 2.21 bits per heavy atom. The summed E-state index contributed by atoms with van der Waals surface area (Å²) in [6, 6.07) is 22.8. The highest BCUT2D eigenvalue weighted by Gasteiger charge is 2.32. The molecule has 0 spiro atoms. The van der Waals surface area contributed by atoms with Crippen molar-refractivity contribution in [1.82, 2.24) is 10.2 Å². The van der Waals surface area contributed by atoms with Crippen LogP contribution >= 0.6 is 23.2 Å². The van der Waals surface area contributed by atoms with Gasteiger partial charge in [-0.1, -0.05) is 91.0 Å². The van der Waals surface area contributed by atoms with Crippen LogP contribution in [-0.4, -0.2) is 50.0 Å². The van der Waals surface area contributed by atoms with Crippen LogP contribution in [0.1, 0.15) is 56.1 Å². The molecule has 3 aromatic rings. The lowest BCUT2D eigenvalue weighted by molar-refractivity contribution is -0.141. The predicted molar refractivity (Wildman–Crippen MR) is 174 cm³/mol. The van der Waals surface area contributed by atoms with E-state index in [9.17, 15) is 18.0 Å². The maximum Gasteiger partial charge on any atom is 0.243 e. The van der Waals surface area contributed by atoms with Gasteiger partial charge in [-0.15, -0.1) is 0 Å². The normalized spacial score (nSPS) is 14.6. The van der Waals surface area contributed by atoms with Crippen molar-refractivity contribution >= 4 is 50.7 Å². The third kappa shape index (κ3) is 9.71. The molecule has 1 aliphatic rings. The standard InChI is InChI=1S/C33H39Cl2N3O4S/c1-43(41,42)38(29-20-18-27(34)19-21-29)22-10-17-32(39)37(24-26-13-8-9-16-30(26)35)31(23-25-11-4-2-5-12-25)33(40)36-28-14-6-3-7-15-28/h2,4-5,8-9,11-13,16,18-21,28,31H,3,6-7,10,14-15,17,22-24H2,1H3,(H,36,40)/t31-/m1/s1. The molecule has 43 heavy (non-hydrogen) atoms. The van der Waals surface area contributed by atoms with E-state index in [1.165, 1.54) is 4.31 Å². The first-order valence-corrected chi connectivity index (χ1v) is 17.3. The molecule has 230 valence electrons. The molecule has 1 atom stereocenters. The molecule has 0 aromatic heterocycles. The SMILES string of the molecule is CS(=O)(=O)N(CCCC(=O)N(Cc1ccccc1Cl)[C@H](Cc1ccccc1)C(=O)NC1CCCCC1)c1ccc(Cl)cc1. The van der Waals surface area contributed by atoms with Crippen molar-refractivity contribution < 1.29 is 18.0 Å². The van der Waals surface area contributed by atoms with Crippen molar-refractivity contribution in [3.63, 3.8) is 0 Å². The molecule has 3 aromatic carbocycles. The first-order chi connectivity index (χ1) is 20.6. The lowest BCUT2D eigenvalue weighted by Crippen LogP contribution is -2.53. The first-order valence-electron chi connectivity index (χ1n) is 14.7. The van der Waals surface area contributed by atoms with Crippen LogP contribution in [0.5, 0.6) is 0 Å². The number of nitrogens with one attached hydrogen (secondary N) is 1. The second-order valence-electron chi connectivity index (χ2n) is 11.1. The van der Waals surface area contributed by atoms with E-state index in [-0.39, 0.29) is 43.8 Å². The van der Waals surface area contributed by atoms with Gasteiger partial charge in [0, 0.05) is 42.0 Å². The largest absolute Gasteiger partial charge is 0.352 e. The van der Waals surface area contributed by atoms with Crippen molar-refractivity contribution in [3.05, 3.63) is 100 Å². The minimum atomic E-state index is -3.61. The number of nitrogens with zero attached hydrogens (tertiary/aromatic N) is 2. The molecule has 0 radical (unpaired) electrons. The maximum atomic E-state index is 14.0. The third-order valence-electron chi connectivity index (χ3n) is 7.79. The highest BCUT2D eigenvalue weighted by atomic mass is 35.5. The molecule has 0 heterocycles. The molecule has 7 nitrogen and oxygen atoms in total. The molecule has 1 fully saturated rings. The first kappa shape index (κ1) is 32.8. The molecule has 0 bridgehead atoms. The summed E-state index contributed by atoms with van der Waals surface area (Å²) in [5.41, 5.74) is 2.15. The van der Waals surface area contributed by atoms with Gasteiger partial charge < -0.3 is 10.2 Å². The summed E-state index contributed by atoms with van der Waals surface area (Å²) >= 11 is 12.5. The van der Waals surface area contributed by atoms with Gasteiger partial charge in [0.05, 0.1) is 11.9 Å². The van der Waals surface area contributed by atoms with E-state index in [2.05, 4.69) is 5.32 Å². The monoisotopic (exact) mass is 643 g/mol. The highest BCUT2D eigenvalue weighted by Crippen LogP contribution is 2.24. The minimum absolute atomic E-state index is 0.0477. The topological polar surface area (TPSA) is 86.8 Å². The summed E-state index contributed by atoms with van der Waals surface area (Å²) in [5, 5.41) is 4.24. The van der Waals surface area contributed by atoms with Crippen LogP contribution in [0.15, 0.2) is 78.9 Å². The van der Waals surface area contributed by atoms with Crippen LogP contribution in [0.4, 0.5) is 5.69 Å². The number of amides is 2. The second kappa shape index (κ2) is 15.6.